The van der Waals surface area contributed by atoms with Gasteiger partial charge in [-0.1, -0.05) is 6.07 Å². The van der Waals surface area contributed by atoms with Gasteiger partial charge in [0.15, 0.2) is 0 Å². The first-order valence-electron chi connectivity index (χ1n) is 6.71. The fourth-order valence-electron chi connectivity index (χ4n) is 2.40. The van der Waals surface area contributed by atoms with Crippen LogP contribution in [0.4, 0.5) is 18.9 Å². The van der Waals surface area contributed by atoms with Crippen molar-refractivity contribution in [2.45, 2.75) is 13.1 Å². The standard InChI is InChI=1S/C14H18F3N3O.2ClH/c1-10-2-3-11(18)8-12(10)13(21)20-6-4-19(5-7-20)9-14(15,16)17;;/h2-3,8H,4-7,9,18H2,1H3;2*1H. The predicted octanol–water partition coefficient (Wildman–Crippen LogP) is 2.74. The Bertz CT molecular complexity index is 532. The molecule has 4 nitrogen and oxygen atoms in total. The second-order valence-corrected chi connectivity index (χ2v) is 5.26. The Morgan fingerprint density at radius 3 is 2.26 bits per heavy atom. The van der Waals surface area contributed by atoms with E-state index in [1.54, 1.807) is 23.1 Å². The first kappa shape index (κ1) is 21.8. The third-order valence-electron chi connectivity index (χ3n) is 3.55. The number of carbonyl (C=O) groups is 1. The van der Waals surface area contributed by atoms with Crippen LogP contribution in [-0.4, -0.2) is 54.6 Å². The molecule has 1 fully saturated rings. The van der Waals surface area contributed by atoms with Crippen molar-refractivity contribution in [3.8, 4) is 0 Å². The maximum atomic E-state index is 12.4. The lowest BCUT2D eigenvalue weighted by Gasteiger charge is -2.35. The third kappa shape index (κ3) is 6.08. The average Bonchev–Trinajstić information content (AvgIpc) is 2.40. The number of nitrogens with zero attached hydrogens (tertiary/aromatic N) is 2. The van der Waals surface area contributed by atoms with E-state index < -0.39 is 12.7 Å². The Kier molecular flexibility index (Phi) is 8.17. The van der Waals surface area contributed by atoms with Crippen molar-refractivity contribution in [1.29, 1.82) is 0 Å². The van der Waals surface area contributed by atoms with Gasteiger partial charge in [0.2, 0.25) is 0 Å². The highest BCUT2D eigenvalue weighted by Gasteiger charge is 2.33. The van der Waals surface area contributed by atoms with Gasteiger partial charge >= 0.3 is 6.18 Å². The number of rotatable bonds is 2. The molecule has 1 saturated heterocycles. The van der Waals surface area contributed by atoms with Crippen molar-refractivity contribution < 1.29 is 18.0 Å². The minimum absolute atomic E-state index is 0. The second kappa shape index (κ2) is 8.61. The molecule has 1 aliphatic rings. The summed E-state index contributed by atoms with van der Waals surface area (Å²) in [6.45, 7) is 1.93. The molecule has 1 aromatic rings. The van der Waals surface area contributed by atoms with Gasteiger partial charge in [0.25, 0.3) is 5.91 Å². The van der Waals surface area contributed by atoms with Crippen LogP contribution in [-0.2, 0) is 0 Å². The van der Waals surface area contributed by atoms with Crippen LogP contribution >= 0.6 is 24.8 Å². The number of alkyl halides is 3. The van der Waals surface area contributed by atoms with Crippen LogP contribution in [0, 0.1) is 6.92 Å². The Morgan fingerprint density at radius 2 is 1.74 bits per heavy atom. The van der Waals surface area contributed by atoms with Crippen LogP contribution in [0.3, 0.4) is 0 Å². The highest BCUT2D eigenvalue weighted by molar-refractivity contribution is 5.96. The molecular weight excluding hydrogens is 354 g/mol. The maximum Gasteiger partial charge on any atom is 0.401 e. The summed E-state index contributed by atoms with van der Waals surface area (Å²) in [6.07, 6.45) is -4.20. The smallest absolute Gasteiger partial charge is 0.399 e. The molecule has 1 aromatic carbocycles. The molecule has 23 heavy (non-hydrogen) atoms. The SMILES string of the molecule is Cc1ccc(N)cc1C(=O)N1CCN(CC(F)(F)F)CC1.Cl.Cl. The molecule has 0 radical (unpaired) electrons. The molecule has 0 saturated carbocycles. The summed E-state index contributed by atoms with van der Waals surface area (Å²) in [5.41, 5.74) is 7.51. The molecule has 9 heteroatoms. The summed E-state index contributed by atoms with van der Waals surface area (Å²) in [4.78, 5) is 15.3. The first-order valence-corrected chi connectivity index (χ1v) is 6.71. The molecule has 0 aromatic heterocycles. The van der Waals surface area contributed by atoms with Gasteiger partial charge in [-0.3, -0.25) is 9.69 Å². The van der Waals surface area contributed by atoms with E-state index >= 15 is 0 Å². The van der Waals surface area contributed by atoms with Crippen LogP contribution < -0.4 is 5.73 Å². The minimum atomic E-state index is -4.20. The summed E-state index contributed by atoms with van der Waals surface area (Å²) >= 11 is 0. The van der Waals surface area contributed by atoms with Gasteiger partial charge in [-0.25, -0.2) is 0 Å². The van der Waals surface area contributed by atoms with Crippen molar-refractivity contribution >= 4 is 36.4 Å². The summed E-state index contributed by atoms with van der Waals surface area (Å²) in [7, 11) is 0. The van der Waals surface area contributed by atoms with Crippen LogP contribution in [0.1, 0.15) is 15.9 Å². The van der Waals surface area contributed by atoms with E-state index in [0.29, 0.717) is 24.3 Å². The van der Waals surface area contributed by atoms with E-state index in [0.717, 1.165) is 5.56 Å². The Morgan fingerprint density at radius 1 is 1.17 bits per heavy atom. The zero-order valence-electron chi connectivity index (χ0n) is 12.6. The summed E-state index contributed by atoms with van der Waals surface area (Å²) in [5.74, 6) is -0.175. The molecule has 1 aliphatic heterocycles. The van der Waals surface area contributed by atoms with E-state index in [2.05, 4.69) is 0 Å². The Balaban J connectivity index is 0.00000242. The molecule has 1 amide bonds. The summed E-state index contributed by atoms with van der Waals surface area (Å²) in [6, 6.07) is 5.09. The fourth-order valence-corrected chi connectivity index (χ4v) is 2.40. The lowest BCUT2D eigenvalue weighted by Crippen LogP contribution is -2.51. The van der Waals surface area contributed by atoms with Crippen molar-refractivity contribution in [1.82, 2.24) is 9.80 Å². The number of hydrogen-bond acceptors (Lipinski definition) is 3. The first-order chi connectivity index (χ1) is 9.76. The molecule has 0 unspecified atom stereocenters. The van der Waals surface area contributed by atoms with Crippen LogP contribution in [0.2, 0.25) is 0 Å². The molecule has 1 heterocycles. The molecule has 2 N–H and O–H groups in total. The number of halogens is 5. The molecule has 0 atom stereocenters. The molecule has 0 spiro atoms. The van der Waals surface area contributed by atoms with E-state index in [9.17, 15) is 18.0 Å². The number of aryl methyl sites for hydroxylation is 1. The van der Waals surface area contributed by atoms with Gasteiger partial charge in [0.05, 0.1) is 6.54 Å². The van der Waals surface area contributed by atoms with E-state index in [1.165, 1.54) is 4.90 Å². The van der Waals surface area contributed by atoms with E-state index in [4.69, 9.17) is 5.73 Å². The highest BCUT2D eigenvalue weighted by Crippen LogP contribution is 2.19. The predicted molar refractivity (Wildman–Crippen MR) is 88.5 cm³/mol. The third-order valence-corrected chi connectivity index (χ3v) is 3.55. The monoisotopic (exact) mass is 373 g/mol. The molecule has 0 bridgehead atoms. The average molecular weight is 374 g/mol. The van der Waals surface area contributed by atoms with Crippen molar-refractivity contribution in [2.24, 2.45) is 0 Å². The summed E-state index contributed by atoms with van der Waals surface area (Å²) < 4.78 is 37.0. The van der Waals surface area contributed by atoms with E-state index in [-0.39, 0.29) is 43.8 Å². The topological polar surface area (TPSA) is 49.6 Å². The van der Waals surface area contributed by atoms with Crippen LogP contribution in [0.15, 0.2) is 18.2 Å². The quantitative estimate of drug-likeness (QED) is 0.810. The number of amides is 1. The highest BCUT2D eigenvalue weighted by atomic mass is 35.5. The van der Waals surface area contributed by atoms with E-state index in [1.807, 2.05) is 6.92 Å². The summed E-state index contributed by atoms with van der Waals surface area (Å²) in [5, 5.41) is 0. The Hall–Kier alpha value is -1.18. The van der Waals surface area contributed by atoms with Crippen molar-refractivity contribution in [2.75, 3.05) is 38.5 Å². The Labute approximate surface area is 145 Å². The number of hydrogen-bond donors (Lipinski definition) is 1. The lowest BCUT2D eigenvalue weighted by molar-refractivity contribution is -0.148. The van der Waals surface area contributed by atoms with Gasteiger partial charge in [-0.2, -0.15) is 13.2 Å². The molecule has 0 aliphatic carbocycles. The fraction of sp³-hybridized carbons (Fsp3) is 0.500. The van der Waals surface area contributed by atoms with Crippen molar-refractivity contribution in [3.63, 3.8) is 0 Å². The van der Waals surface area contributed by atoms with Crippen LogP contribution in [0.5, 0.6) is 0 Å². The normalized spacial score (nSPS) is 15.6. The number of anilines is 1. The van der Waals surface area contributed by atoms with Gasteiger partial charge in [-0.05, 0) is 24.6 Å². The van der Waals surface area contributed by atoms with Gasteiger partial charge < -0.3 is 10.6 Å². The number of nitrogen functional groups attached to an aromatic ring is 1. The zero-order chi connectivity index (χ0) is 15.6. The molecule has 132 valence electrons. The molecular formula is C14H20Cl2F3N3O. The van der Waals surface area contributed by atoms with Gasteiger partial charge in [0.1, 0.15) is 0 Å². The zero-order valence-corrected chi connectivity index (χ0v) is 14.2. The lowest BCUT2D eigenvalue weighted by atomic mass is 10.1. The second-order valence-electron chi connectivity index (χ2n) is 5.26. The number of carbonyl (C=O) groups excluding carboxylic acids is 1. The van der Waals surface area contributed by atoms with Crippen LogP contribution in [0.25, 0.3) is 0 Å². The van der Waals surface area contributed by atoms with Gasteiger partial charge in [-0.15, -0.1) is 24.8 Å². The molecule has 2 rings (SSSR count). The van der Waals surface area contributed by atoms with Gasteiger partial charge in [0, 0.05) is 37.4 Å². The number of nitrogens with two attached hydrogens (primary N) is 1. The van der Waals surface area contributed by atoms with Crippen molar-refractivity contribution in [3.05, 3.63) is 29.3 Å². The number of benzene rings is 1. The number of piperazine rings is 1. The minimum Gasteiger partial charge on any atom is -0.399 e. The largest absolute Gasteiger partial charge is 0.401 e. The maximum absolute atomic E-state index is 12.4.